The number of ketones is 1. The normalized spacial score (nSPS) is 57.4. The average Bonchev–Trinajstić information content (AvgIpc) is 2.61. The van der Waals surface area contributed by atoms with E-state index in [1.165, 1.54) is 7.11 Å². The SMILES string of the molecule is COC1=CC(C)C2CC3OC(O)CC4C(C)C(O)C(O)C(C2(C)C1=O)C34C. The molecular weight excluding hydrogens is 348 g/mol. The molecule has 3 N–H and O–H groups in total. The first-order valence-electron chi connectivity index (χ1n) is 10.1. The maximum atomic E-state index is 13.5. The molecule has 0 aromatic rings. The van der Waals surface area contributed by atoms with Crippen LogP contribution in [0.3, 0.4) is 0 Å². The summed E-state index contributed by atoms with van der Waals surface area (Å²) < 4.78 is 11.4. The Kier molecular flexibility index (Phi) is 4.32. The zero-order valence-corrected chi connectivity index (χ0v) is 16.8. The van der Waals surface area contributed by atoms with E-state index < -0.39 is 35.2 Å². The van der Waals surface area contributed by atoms with E-state index in [4.69, 9.17) is 9.47 Å². The minimum atomic E-state index is -1.03. The Balaban J connectivity index is 1.91. The molecule has 2 saturated carbocycles. The predicted octanol–water partition coefficient (Wildman–Crippen LogP) is 1.48. The first kappa shape index (κ1) is 19.4. The predicted molar refractivity (Wildman–Crippen MR) is 97.2 cm³/mol. The molecular formula is C21H32O6. The van der Waals surface area contributed by atoms with Crippen LogP contribution in [0.15, 0.2) is 11.8 Å². The quantitative estimate of drug-likeness (QED) is 0.638. The van der Waals surface area contributed by atoms with Crippen molar-refractivity contribution in [3.63, 3.8) is 0 Å². The number of rotatable bonds is 1. The van der Waals surface area contributed by atoms with Crippen LogP contribution in [0.1, 0.15) is 40.5 Å². The number of carbonyl (C=O) groups excluding carboxylic acids is 1. The molecule has 1 aliphatic heterocycles. The lowest BCUT2D eigenvalue weighted by atomic mass is 9.38. The average molecular weight is 380 g/mol. The number of ether oxygens (including phenoxy) is 2. The molecule has 1 heterocycles. The van der Waals surface area contributed by atoms with Gasteiger partial charge < -0.3 is 24.8 Å². The van der Waals surface area contributed by atoms with Crippen LogP contribution in [0.5, 0.6) is 0 Å². The van der Waals surface area contributed by atoms with Crippen LogP contribution in [0.2, 0.25) is 0 Å². The van der Waals surface area contributed by atoms with Crippen molar-refractivity contribution in [1.29, 1.82) is 0 Å². The van der Waals surface area contributed by atoms with Gasteiger partial charge in [0, 0.05) is 23.2 Å². The summed E-state index contributed by atoms with van der Waals surface area (Å²) in [6, 6.07) is 0. The lowest BCUT2D eigenvalue weighted by Gasteiger charge is -2.69. The van der Waals surface area contributed by atoms with E-state index >= 15 is 0 Å². The number of fused-ring (bicyclic) bond motifs is 2. The highest BCUT2D eigenvalue weighted by Gasteiger charge is 2.72. The molecule has 6 heteroatoms. The smallest absolute Gasteiger partial charge is 0.203 e. The molecule has 11 atom stereocenters. The highest BCUT2D eigenvalue weighted by molar-refractivity contribution is 5.99. The zero-order valence-electron chi connectivity index (χ0n) is 16.8. The van der Waals surface area contributed by atoms with Gasteiger partial charge in [-0.3, -0.25) is 4.79 Å². The van der Waals surface area contributed by atoms with Crippen molar-refractivity contribution in [2.24, 2.45) is 40.4 Å². The molecule has 11 unspecified atom stereocenters. The second-order valence-corrected chi connectivity index (χ2v) is 9.65. The third-order valence-corrected chi connectivity index (χ3v) is 8.67. The third-order valence-electron chi connectivity index (χ3n) is 8.67. The summed E-state index contributed by atoms with van der Waals surface area (Å²) in [6.07, 6.45) is -0.173. The number of aliphatic hydroxyl groups is 3. The highest BCUT2D eigenvalue weighted by atomic mass is 16.6. The van der Waals surface area contributed by atoms with Crippen LogP contribution in [-0.4, -0.2) is 52.8 Å². The van der Waals surface area contributed by atoms with E-state index in [0.29, 0.717) is 18.6 Å². The number of methoxy groups -OCH3 is 1. The summed E-state index contributed by atoms with van der Waals surface area (Å²) >= 11 is 0. The lowest BCUT2D eigenvalue weighted by molar-refractivity contribution is -0.325. The Morgan fingerprint density at radius 2 is 1.78 bits per heavy atom. The fourth-order valence-electron chi connectivity index (χ4n) is 7.37. The van der Waals surface area contributed by atoms with Crippen LogP contribution >= 0.6 is 0 Å². The summed E-state index contributed by atoms with van der Waals surface area (Å²) in [4.78, 5) is 13.5. The van der Waals surface area contributed by atoms with Crippen LogP contribution in [0.4, 0.5) is 0 Å². The van der Waals surface area contributed by atoms with E-state index in [2.05, 4.69) is 13.8 Å². The molecule has 0 bridgehead atoms. The summed E-state index contributed by atoms with van der Waals surface area (Å²) in [6.45, 7) is 7.99. The largest absolute Gasteiger partial charge is 0.493 e. The minimum Gasteiger partial charge on any atom is -0.493 e. The molecule has 152 valence electrons. The minimum absolute atomic E-state index is 0.0348. The van der Waals surface area contributed by atoms with E-state index in [1.807, 2.05) is 19.9 Å². The third kappa shape index (κ3) is 2.24. The van der Waals surface area contributed by atoms with Gasteiger partial charge in [0.2, 0.25) is 5.78 Å². The van der Waals surface area contributed by atoms with Gasteiger partial charge >= 0.3 is 0 Å². The van der Waals surface area contributed by atoms with Crippen molar-refractivity contribution >= 4 is 5.78 Å². The molecule has 3 aliphatic carbocycles. The van der Waals surface area contributed by atoms with Gasteiger partial charge in [-0.15, -0.1) is 0 Å². The van der Waals surface area contributed by atoms with Crippen molar-refractivity contribution in [3.05, 3.63) is 11.8 Å². The van der Waals surface area contributed by atoms with Crippen molar-refractivity contribution in [2.75, 3.05) is 7.11 Å². The van der Waals surface area contributed by atoms with Crippen LogP contribution < -0.4 is 0 Å². The molecule has 0 amide bonds. The fraction of sp³-hybridized carbons (Fsp3) is 0.857. The Hall–Kier alpha value is -0.950. The number of allylic oxidation sites excluding steroid dienone is 2. The molecule has 6 nitrogen and oxygen atoms in total. The van der Waals surface area contributed by atoms with Gasteiger partial charge in [-0.2, -0.15) is 0 Å². The second-order valence-electron chi connectivity index (χ2n) is 9.65. The topological polar surface area (TPSA) is 96.2 Å². The monoisotopic (exact) mass is 380 g/mol. The molecule has 0 aromatic heterocycles. The van der Waals surface area contributed by atoms with Gasteiger partial charge in [-0.25, -0.2) is 0 Å². The maximum Gasteiger partial charge on any atom is 0.203 e. The number of hydrogen-bond donors (Lipinski definition) is 3. The Bertz CT molecular complexity index is 676. The van der Waals surface area contributed by atoms with Crippen molar-refractivity contribution in [1.82, 2.24) is 0 Å². The van der Waals surface area contributed by atoms with Gasteiger partial charge in [0.15, 0.2) is 12.0 Å². The lowest BCUT2D eigenvalue weighted by Crippen LogP contribution is -2.73. The number of aliphatic hydroxyl groups excluding tert-OH is 3. The Morgan fingerprint density at radius 3 is 2.41 bits per heavy atom. The zero-order chi connectivity index (χ0) is 19.9. The van der Waals surface area contributed by atoms with Crippen LogP contribution in [0.25, 0.3) is 0 Å². The van der Waals surface area contributed by atoms with Crippen molar-refractivity contribution in [3.8, 4) is 0 Å². The van der Waals surface area contributed by atoms with Gasteiger partial charge in [0.25, 0.3) is 0 Å². The first-order valence-corrected chi connectivity index (χ1v) is 10.1. The number of carbonyl (C=O) groups is 1. The summed E-state index contributed by atoms with van der Waals surface area (Å²) in [5.41, 5.74) is -1.36. The van der Waals surface area contributed by atoms with Gasteiger partial charge in [-0.05, 0) is 36.2 Å². The highest BCUT2D eigenvalue weighted by Crippen LogP contribution is 2.68. The van der Waals surface area contributed by atoms with E-state index in [9.17, 15) is 20.1 Å². The van der Waals surface area contributed by atoms with Crippen molar-refractivity contribution in [2.45, 2.75) is 65.1 Å². The van der Waals surface area contributed by atoms with Crippen molar-refractivity contribution < 1.29 is 29.6 Å². The summed E-state index contributed by atoms with van der Waals surface area (Å²) in [5.74, 6) is -0.416. The maximum absolute atomic E-state index is 13.5. The molecule has 0 spiro atoms. The van der Waals surface area contributed by atoms with Gasteiger partial charge in [0.1, 0.15) is 0 Å². The van der Waals surface area contributed by atoms with Gasteiger partial charge in [-0.1, -0.05) is 27.7 Å². The van der Waals surface area contributed by atoms with Crippen LogP contribution in [-0.2, 0) is 14.3 Å². The Morgan fingerprint density at radius 1 is 1.11 bits per heavy atom. The van der Waals surface area contributed by atoms with E-state index in [-0.39, 0.29) is 35.6 Å². The second kappa shape index (κ2) is 6.02. The Labute approximate surface area is 160 Å². The van der Waals surface area contributed by atoms with E-state index in [0.717, 1.165) is 0 Å². The number of Topliss-reactive ketones (excluding diaryl/α,β-unsaturated/α-hetero) is 1. The molecule has 3 fully saturated rings. The molecule has 0 radical (unpaired) electrons. The number of hydrogen-bond acceptors (Lipinski definition) is 6. The molecule has 1 saturated heterocycles. The van der Waals surface area contributed by atoms with Gasteiger partial charge in [0.05, 0.1) is 25.4 Å². The van der Waals surface area contributed by atoms with Crippen LogP contribution in [0, 0.1) is 40.4 Å². The molecule has 4 rings (SSSR count). The first-order chi connectivity index (χ1) is 12.6. The molecule has 27 heavy (non-hydrogen) atoms. The fourth-order valence-corrected chi connectivity index (χ4v) is 7.37. The van der Waals surface area contributed by atoms with E-state index in [1.54, 1.807) is 0 Å². The molecule has 0 aromatic carbocycles. The standard InChI is InChI=1S/C21H32O6/c1-9-6-13(26-5)19(25)21(4)11(9)7-14-20(3)12(8-15(22)27-14)10(2)16(23)17(24)18(20)21/h6,9-12,14-18,22-24H,7-8H2,1-5H3. The molecule has 4 aliphatic rings. The summed E-state index contributed by atoms with van der Waals surface area (Å²) in [7, 11) is 1.50. The summed E-state index contributed by atoms with van der Waals surface area (Å²) in [5, 5.41) is 32.4.